The molecular weight excluding hydrogens is 377 g/mol. The average molecular weight is 406 g/mol. The number of piperidine rings is 1. The Hall–Kier alpha value is -0.360. The Bertz CT molecular complexity index is 595. The summed E-state index contributed by atoms with van der Waals surface area (Å²) < 4.78 is 0. The van der Waals surface area contributed by atoms with Gasteiger partial charge in [0.1, 0.15) is 0 Å². The average Bonchev–Trinajstić information content (AvgIpc) is 3.30. The highest BCUT2D eigenvalue weighted by Gasteiger charge is 2.50. The molecule has 3 fully saturated rings. The Balaban J connectivity index is 0.00000113. The van der Waals surface area contributed by atoms with Crippen LogP contribution in [0.2, 0.25) is 0 Å². The zero-order valence-corrected chi connectivity index (χ0v) is 17.2. The Kier molecular flexibility index (Phi) is 7.17. The molecule has 0 spiro atoms. The summed E-state index contributed by atoms with van der Waals surface area (Å²) >= 11 is 1.77. The number of rotatable bonds is 3. The first-order valence-electron chi connectivity index (χ1n) is 9.16. The molecule has 4 nitrogen and oxygen atoms in total. The number of carbonyl (C=O) groups is 1. The van der Waals surface area contributed by atoms with Crippen LogP contribution in [0, 0.1) is 17.8 Å². The molecule has 2 N–H and O–H groups in total. The molecule has 2 saturated carbocycles. The van der Waals surface area contributed by atoms with Crippen LogP contribution in [0.15, 0.2) is 5.38 Å². The Labute approximate surface area is 166 Å². The molecule has 1 aliphatic heterocycles. The van der Waals surface area contributed by atoms with E-state index in [4.69, 9.17) is 10.7 Å². The van der Waals surface area contributed by atoms with Crippen LogP contribution >= 0.6 is 36.2 Å². The normalized spacial score (nSPS) is 33.7. The van der Waals surface area contributed by atoms with E-state index < -0.39 is 0 Å². The third-order valence-electron chi connectivity index (χ3n) is 6.28. The number of aromatic nitrogens is 1. The molecule has 5 unspecified atom stereocenters. The van der Waals surface area contributed by atoms with E-state index in [9.17, 15) is 4.79 Å². The number of thiazole rings is 1. The molecule has 2 heterocycles. The van der Waals surface area contributed by atoms with E-state index in [1.165, 1.54) is 30.0 Å². The summed E-state index contributed by atoms with van der Waals surface area (Å²) in [4.78, 5) is 19.9. The molecule has 25 heavy (non-hydrogen) atoms. The van der Waals surface area contributed by atoms with Crippen molar-refractivity contribution in [2.24, 2.45) is 23.5 Å². The molecule has 7 heteroatoms. The van der Waals surface area contributed by atoms with Gasteiger partial charge in [0, 0.05) is 30.4 Å². The van der Waals surface area contributed by atoms with Crippen LogP contribution in [-0.2, 0) is 11.2 Å². The summed E-state index contributed by atoms with van der Waals surface area (Å²) in [5, 5.41) is 3.39. The maximum absolute atomic E-state index is 13.1. The van der Waals surface area contributed by atoms with Gasteiger partial charge in [0.25, 0.3) is 0 Å². The zero-order chi connectivity index (χ0) is 16.0. The van der Waals surface area contributed by atoms with Crippen LogP contribution in [-0.4, -0.2) is 34.9 Å². The van der Waals surface area contributed by atoms with E-state index in [2.05, 4.69) is 17.2 Å². The van der Waals surface area contributed by atoms with Gasteiger partial charge in [-0.1, -0.05) is 6.92 Å². The molecule has 0 aromatic carbocycles. The quantitative estimate of drug-likeness (QED) is 0.834. The van der Waals surface area contributed by atoms with E-state index in [1.54, 1.807) is 11.3 Å². The number of likely N-dealkylation sites (tertiary alicyclic amines) is 1. The van der Waals surface area contributed by atoms with Gasteiger partial charge >= 0.3 is 0 Å². The third kappa shape index (κ3) is 3.85. The molecule has 4 rings (SSSR count). The number of fused-ring (bicyclic) bond motifs is 2. The molecule has 1 amide bonds. The van der Waals surface area contributed by atoms with Gasteiger partial charge in [-0.15, -0.1) is 36.2 Å². The highest BCUT2D eigenvalue weighted by Crippen LogP contribution is 2.48. The summed E-state index contributed by atoms with van der Waals surface area (Å²) in [5.41, 5.74) is 7.56. The predicted molar refractivity (Wildman–Crippen MR) is 107 cm³/mol. The van der Waals surface area contributed by atoms with Gasteiger partial charge in [0.2, 0.25) is 5.91 Å². The number of hydrogen-bond acceptors (Lipinski definition) is 4. The first-order valence-corrected chi connectivity index (χ1v) is 10.0. The Morgan fingerprint density at radius 2 is 2.08 bits per heavy atom. The number of carbonyl (C=O) groups excluding carboxylic acids is 1. The summed E-state index contributed by atoms with van der Waals surface area (Å²) in [7, 11) is 0. The first-order chi connectivity index (χ1) is 11.2. The van der Waals surface area contributed by atoms with E-state index in [-0.39, 0.29) is 36.8 Å². The van der Waals surface area contributed by atoms with Gasteiger partial charge in [-0.3, -0.25) is 4.79 Å². The van der Waals surface area contributed by atoms with Crippen molar-refractivity contribution in [1.29, 1.82) is 0 Å². The predicted octanol–water partition coefficient (Wildman–Crippen LogP) is 3.63. The number of halogens is 2. The highest BCUT2D eigenvalue weighted by atomic mass is 35.5. The SMILES string of the molecule is CCc1csc(C2CCCN(C(=O)C3C4CCC(C4)C3N)C2)n1.Cl.Cl. The number of hydrogen-bond donors (Lipinski definition) is 1. The van der Waals surface area contributed by atoms with Crippen molar-refractivity contribution in [2.75, 3.05) is 13.1 Å². The fourth-order valence-electron chi connectivity index (χ4n) is 4.96. The smallest absolute Gasteiger partial charge is 0.227 e. The molecule has 2 aliphatic carbocycles. The van der Waals surface area contributed by atoms with Crippen molar-refractivity contribution in [3.05, 3.63) is 16.1 Å². The van der Waals surface area contributed by atoms with E-state index in [0.29, 0.717) is 23.7 Å². The monoisotopic (exact) mass is 405 g/mol. The minimum Gasteiger partial charge on any atom is -0.342 e. The maximum atomic E-state index is 13.1. The van der Waals surface area contributed by atoms with Crippen molar-refractivity contribution < 1.29 is 4.79 Å². The topological polar surface area (TPSA) is 59.2 Å². The molecule has 5 atom stereocenters. The van der Waals surface area contributed by atoms with Crippen LogP contribution in [0.5, 0.6) is 0 Å². The minimum absolute atomic E-state index is 0. The zero-order valence-electron chi connectivity index (χ0n) is 14.7. The van der Waals surface area contributed by atoms with Crippen LogP contribution in [0.1, 0.15) is 55.6 Å². The number of nitrogens with zero attached hydrogens (tertiary/aromatic N) is 2. The van der Waals surface area contributed by atoms with Crippen molar-refractivity contribution >= 4 is 42.1 Å². The van der Waals surface area contributed by atoms with E-state index >= 15 is 0 Å². The number of amides is 1. The Morgan fingerprint density at radius 3 is 2.72 bits per heavy atom. The Morgan fingerprint density at radius 1 is 1.32 bits per heavy atom. The summed E-state index contributed by atoms with van der Waals surface area (Å²) in [6, 6.07) is 0.105. The van der Waals surface area contributed by atoms with Crippen molar-refractivity contribution in [1.82, 2.24) is 9.88 Å². The second kappa shape index (κ2) is 8.55. The fraction of sp³-hybridized carbons (Fsp3) is 0.778. The molecule has 1 aromatic heterocycles. The standard InChI is InChI=1S/C18H27N3OS.2ClH/c1-2-14-10-23-17(20-14)13-4-3-7-21(9-13)18(22)15-11-5-6-12(8-11)16(15)19;;/h10-13,15-16H,2-9,19H2,1H3;2*1H. The lowest BCUT2D eigenvalue weighted by molar-refractivity contribution is -0.139. The van der Waals surface area contributed by atoms with Gasteiger partial charge in [0.15, 0.2) is 0 Å². The van der Waals surface area contributed by atoms with Gasteiger partial charge in [0.05, 0.1) is 16.6 Å². The van der Waals surface area contributed by atoms with Crippen molar-refractivity contribution in [3.8, 4) is 0 Å². The van der Waals surface area contributed by atoms with Crippen molar-refractivity contribution in [3.63, 3.8) is 0 Å². The van der Waals surface area contributed by atoms with Crippen LogP contribution < -0.4 is 5.73 Å². The fourth-order valence-corrected chi connectivity index (χ4v) is 6.00. The van der Waals surface area contributed by atoms with Gasteiger partial charge in [-0.05, 0) is 50.4 Å². The molecular formula is C18H29Cl2N3OS. The lowest BCUT2D eigenvalue weighted by Crippen LogP contribution is -2.49. The lowest BCUT2D eigenvalue weighted by Gasteiger charge is -2.37. The number of nitrogens with two attached hydrogens (primary N) is 1. The largest absolute Gasteiger partial charge is 0.342 e. The molecule has 2 bridgehead atoms. The van der Waals surface area contributed by atoms with Gasteiger partial charge in [-0.25, -0.2) is 4.98 Å². The molecule has 1 aromatic rings. The highest BCUT2D eigenvalue weighted by molar-refractivity contribution is 7.09. The first kappa shape index (κ1) is 20.9. The maximum Gasteiger partial charge on any atom is 0.227 e. The minimum atomic E-state index is 0. The van der Waals surface area contributed by atoms with Gasteiger partial charge in [-0.2, -0.15) is 0 Å². The molecule has 1 saturated heterocycles. The van der Waals surface area contributed by atoms with Gasteiger partial charge < -0.3 is 10.6 Å². The van der Waals surface area contributed by atoms with E-state index in [0.717, 1.165) is 32.4 Å². The number of aryl methyl sites for hydroxylation is 1. The molecule has 142 valence electrons. The summed E-state index contributed by atoms with van der Waals surface area (Å²) in [6.07, 6.45) is 6.86. The summed E-state index contributed by atoms with van der Waals surface area (Å²) in [5.74, 6) is 2.00. The van der Waals surface area contributed by atoms with Crippen LogP contribution in [0.3, 0.4) is 0 Å². The van der Waals surface area contributed by atoms with Crippen LogP contribution in [0.4, 0.5) is 0 Å². The second-order valence-electron chi connectivity index (χ2n) is 7.59. The summed E-state index contributed by atoms with van der Waals surface area (Å²) in [6.45, 7) is 3.89. The second-order valence-corrected chi connectivity index (χ2v) is 8.48. The van der Waals surface area contributed by atoms with E-state index in [1.807, 2.05) is 0 Å². The molecule has 0 radical (unpaired) electrons. The lowest BCUT2D eigenvalue weighted by atomic mass is 9.83. The van der Waals surface area contributed by atoms with Crippen molar-refractivity contribution in [2.45, 2.75) is 57.4 Å². The van der Waals surface area contributed by atoms with Crippen LogP contribution in [0.25, 0.3) is 0 Å². The third-order valence-corrected chi connectivity index (χ3v) is 7.34. The molecule has 3 aliphatic rings.